The molecule has 0 bridgehead atoms. The molecule has 1 aliphatic rings. The Kier molecular flexibility index (Phi) is 3.57. The summed E-state index contributed by atoms with van der Waals surface area (Å²) in [6.07, 6.45) is 3.22. The maximum Gasteiger partial charge on any atom is 0.311 e. The third kappa shape index (κ3) is 2.82. The zero-order chi connectivity index (χ0) is 13.2. The highest BCUT2D eigenvalue weighted by molar-refractivity contribution is 5.75. The standard InChI is InChI=1S/C14H19NO3/c15-9-14(13(17)18,7-10-4-5-10)8-11-2-1-3-12(16)6-11/h1-3,6,10,16H,4-5,7-9,15H2,(H,17,18). The van der Waals surface area contributed by atoms with Crippen LogP contribution in [0.2, 0.25) is 0 Å². The predicted molar refractivity (Wildman–Crippen MR) is 68.3 cm³/mol. The van der Waals surface area contributed by atoms with E-state index in [0.717, 1.165) is 18.4 Å². The molecule has 0 aliphatic heterocycles. The summed E-state index contributed by atoms with van der Waals surface area (Å²) in [6.45, 7) is 0.133. The summed E-state index contributed by atoms with van der Waals surface area (Å²) in [4.78, 5) is 11.6. The molecule has 1 aliphatic carbocycles. The van der Waals surface area contributed by atoms with Gasteiger partial charge in [-0.1, -0.05) is 25.0 Å². The van der Waals surface area contributed by atoms with E-state index in [1.807, 2.05) is 6.07 Å². The lowest BCUT2D eigenvalue weighted by molar-refractivity contribution is -0.149. The topological polar surface area (TPSA) is 83.5 Å². The van der Waals surface area contributed by atoms with Crippen LogP contribution in [0.4, 0.5) is 0 Å². The molecule has 0 aromatic heterocycles. The summed E-state index contributed by atoms with van der Waals surface area (Å²) in [7, 11) is 0. The van der Waals surface area contributed by atoms with E-state index in [1.165, 1.54) is 0 Å². The second-order valence-corrected chi connectivity index (χ2v) is 5.28. The van der Waals surface area contributed by atoms with Crippen molar-refractivity contribution in [3.8, 4) is 5.75 Å². The lowest BCUT2D eigenvalue weighted by atomic mass is 9.77. The molecule has 1 atom stereocenters. The quantitative estimate of drug-likeness (QED) is 0.717. The lowest BCUT2D eigenvalue weighted by Crippen LogP contribution is -2.41. The molecule has 1 unspecified atom stereocenters. The van der Waals surface area contributed by atoms with Crippen molar-refractivity contribution in [2.24, 2.45) is 17.1 Å². The van der Waals surface area contributed by atoms with Crippen LogP contribution in [0.3, 0.4) is 0 Å². The first-order valence-electron chi connectivity index (χ1n) is 6.27. The van der Waals surface area contributed by atoms with Crippen molar-refractivity contribution >= 4 is 5.97 Å². The Hall–Kier alpha value is -1.55. The minimum atomic E-state index is -0.894. The minimum Gasteiger partial charge on any atom is -0.508 e. The SMILES string of the molecule is NCC(Cc1cccc(O)c1)(CC1CC1)C(=O)O. The van der Waals surface area contributed by atoms with Gasteiger partial charge in [-0.05, 0) is 36.5 Å². The number of rotatable bonds is 6. The van der Waals surface area contributed by atoms with Crippen LogP contribution < -0.4 is 5.73 Å². The normalized spacial score (nSPS) is 18.3. The van der Waals surface area contributed by atoms with Gasteiger partial charge in [-0.2, -0.15) is 0 Å². The number of carbonyl (C=O) groups is 1. The smallest absolute Gasteiger partial charge is 0.311 e. The predicted octanol–water partition coefficient (Wildman–Crippen LogP) is 1.76. The first-order valence-corrected chi connectivity index (χ1v) is 6.27. The van der Waals surface area contributed by atoms with E-state index in [9.17, 15) is 15.0 Å². The van der Waals surface area contributed by atoms with Gasteiger partial charge in [-0.15, -0.1) is 0 Å². The molecule has 0 heterocycles. The maximum atomic E-state index is 11.6. The highest BCUT2D eigenvalue weighted by Gasteiger charge is 2.42. The Morgan fingerprint density at radius 2 is 2.17 bits per heavy atom. The summed E-state index contributed by atoms with van der Waals surface area (Å²) < 4.78 is 0. The zero-order valence-corrected chi connectivity index (χ0v) is 10.3. The highest BCUT2D eigenvalue weighted by Crippen LogP contribution is 2.42. The van der Waals surface area contributed by atoms with Gasteiger partial charge in [0, 0.05) is 6.54 Å². The summed E-state index contributed by atoms with van der Waals surface area (Å²) in [5.41, 5.74) is 5.66. The van der Waals surface area contributed by atoms with Gasteiger partial charge in [0.15, 0.2) is 0 Å². The van der Waals surface area contributed by atoms with Crippen molar-refractivity contribution in [2.75, 3.05) is 6.54 Å². The third-order valence-electron chi connectivity index (χ3n) is 3.67. The Morgan fingerprint density at radius 1 is 1.44 bits per heavy atom. The number of aromatic hydroxyl groups is 1. The Bertz CT molecular complexity index is 442. The molecular formula is C14H19NO3. The van der Waals surface area contributed by atoms with Gasteiger partial charge in [0.2, 0.25) is 0 Å². The number of benzene rings is 1. The molecule has 1 aromatic rings. The van der Waals surface area contributed by atoms with Crippen molar-refractivity contribution in [3.63, 3.8) is 0 Å². The number of phenolic OH excluding ortho intramolecular Hbond substituents is 1. The van der Waals surface area contributed by atoms with Crippen molar-refractivity contribution in [2.45, 2.75) is 25.7 Å². The monoisotopic (exact) mass is 249 g/mol. The van der Waals surface area contributed by atoms with Gasteiger partial charge in [0.1, 0.15) is 5.75 Å². The van der Waals surface area contributed by atoms with Gasteiger partial charge in [-0.25, -0.2) is 0 Å². The molecule has 4 N–H and O–H groups in total. The van der Waals surface area contributed by atoms with E-state index in [0.29, 0.717) is 18.8 Å². The Balaban J connectivity index is 2.20. The Labute approximate surface area is 106 Å². The highest BCUT2D eigenvalue weighted by atomic mass is 16.4. The van der Waals surface area contributed by atoms with E-state index in [4.69, 9.17) is 5.73 Å². The molecule has 1 aromatic carbocycles. The molecule has 2 rings (SSSR count). The minimum absolute atomic E-state index is 0.133. The van der Waals surface area contributed by atoms with E-state index in [-0.39, 0.29) is 12.3 Å². The van der Waals surface area contributed by atoms with Gasteiger partial charge < -0.3 is 15.9 Å². The summed E-state index contributed by atoms with van der Waals surface area (Å²) >= 11 is 0. The van der Waals surface area contributed by atoms with Gasteiger partial charge >= 0.3 is 5.97 Å². The van der Waals surface area contributed by atoms with E-state index < -0.39 is 11.4 Å². The number of carboxylic acids is 1. The third-order valence-corrected chi connectivity index (χ3v) is 3.67. The fourth-order valence-corrected chi connectivity index (χ4v) is 2.41. The van der Waals surface area contributed by atoms with E-state index in [2.05, 4.69) is 0 Å². The molecule has 1 fully saturated rings. The average Bonchev–Trinajstić information content (AvgIpc) is 3.11. The molecule has 18 heavy (non-hydrogen) atoms. The van der Waals surface area contributed by atoms with Crippen molar-refractivity contribution in [3.05, 3.63) is 29.8 Å². The number of nitrogens with two attached hydrogens (primary N) is 1. The van der Waals surface area contributed by atoms with Crippen LogP contribution in [0, 0.1) is 11.3 Å². The second kappa shape index (κ2) is 4.98. The fourth-order valence-electron chi connectivity index (χ4n) is 2.41. The van der Waals surface area contributed by atoms with Crippen LogP contribution in [-0.2, 0) is 11.2 Å². The van der Waals surface area contributed by atoms with Crippen LogP contribution in [0.1, 0.15) is 24.8 Å². The van der Waals surface area contributed by atoms with Crippen molar-refractivity contribution in [1.29, 1.82) is 0 Å². The maximum absolute atomic E-state index is 11.6. The zero-order valence-electron chi connectivity index (χ0n) is 10.3. The number of phenols is 1. The average molecular weight is 249 g/mol. The Morgan fingerprint density at radius 3 is 2.67 bits per heavy atom. The van der Waals surface area contributed by atoms with E-state index >= 15 is 0 Å². The summed E-state index contributed by atoms with van der Waals surface area (Å²) in [6, 6.07) is 6.75. The number of carboxylic acid groups (broad SMARTS) is 1. The molecular weight excluding hydrogens is 230 g/mol. The largest absolute Gasteiger partial charge is 0.508 e. The summed E-state index contributed by atoms with van der Waals surface area (Å²) in [5, 5.41) is 18.9. The first kappa shape index (κ1) is 12.9. The lowest BCUT2D eigenvalue weighted by Gasteiger charge is -2.28. The van der Waals surface area contributed by atoms with Gasteiger partial charge in [0.25, 0.3) is 0 Å². The van der Waals surface area contributed by atoms with E-state index in [1.54, 1.807) is 18.2 Å². The van der Waals surface area contributed by atoms with Crippen LogP contribution in [0.5, 0.6) is 5.75 Å². The molecule has 0 saturated heterocycles. The van der Waals surface area contributed by atoms with Crippen LogP contribution in [0.15, 0.2) is 24.3 Å². The number of hydrogen-bond donors (Lipinski definition) is 3. The second-order valence-electron chi connectivity index (χ2n) is 5.28. The van der Waals surface area contributed by atoms with Crippen LogP contribution in [0.25, 0.3) is 0 Å². The molecule has 1 saturated carbocycles. The van der Waals surface area contributed by atoms with Crippen LogP contribution in [-0.4, -0.2) is 22.7 Å². The first-order chi connectivity index (χ1) is 8.55. The number of aliphatic carboxylic acids is 1. The fraction of sp³-hybridized carbons (Fsp3) is 0.500. The van der Waals surface area contributed by atoms with Crippen molar-refractivity contribution < 1.29 is 15.0 Å². The molecule has 4 heteroatoms. The molecule has 4 nitrogen and oxygen atoms in total. The molecule has 0 spiro atoms. The van der Waals surface area contributed by atoms with Crippen LogP contribution >= 0.6 is 0 Å². The molecule has 0 amide bonds. The molecule has 98 valence electrons. The number of hydrogen-bond acceptors (Lipinski definition) is 3. The van der Waals surface area contributed by atoms with Gasteiger partial charge in [-0.3, -0.25) is 4.79 Å². The van der Waals surface area contributed by atoms with Crippen molar-refractivity contribution in [1.82, 2.24) is 0 Å². The molecule has 0 radical (unpaired) electrons. The summed E-state index contributed by atoms with van der Waals surface area (Å²) in [5.74, 6) is -0.169. The van der Waals surface area contributed by atoms with Gasteiger partial charge in [0.05, 0.1) is 5.41 Å².